The highest BCUT2D eigenvalue weighted by atomic mass is 35.5. The van der Waals surface area contributed by atoms with Gasteiger partial charge in [-0.25, -0.2) is 4.98 Å². The fourth-order valence-electron chi connectivity index (χ4n) is 4.47. The van der Waals surface area contributed by atoms with E-state index in [4.69, 9.17) is 21.3 Å². The number of carbonyl (C=O) groups is 1. The van der Waals surface area contributed by atoms with Gasteiger partial charge in [-0.05, 0) is 49.7 Å². The second-order valence-electron chi connectivity index (χ2n) is 8.48. The molecule has 1 saturated heterocycles. The normalized spacial score (nSPS) is 16.0. The van der Waals surface area contributed by atoms with Crippen molar-refractivity contribution >= 4 is 34.2 Å². The Bertz CT molecular complexity index is 1280. The molecule has 1 amide bonds. The minimum atomic E-state index is 0.0131. The highest BCUT2D eigenvalue weighted by molar-refractivity contribution is 6.33. The molecule has 1 aromatic heterocycles. The first-order chi connectivity index (χ1) is 16.1. The van der Waals surface area contributed by atoms with Crippen molar-refractivity contribution in [2.75, 3.05) is 18.1 Å². The summed E-state index contributed by atoms with van der Waals surface area (Å²) in [6.45, 7) is 4.03. The molecule has 1 atom stereocenters. The van der Waals surface area contributed by atoms with E-state index < -0.39 is 0 Å². The average molecular weight is 460 g/mol. The molecule has 168 valence electrons. The number of fused-ring (bicyclic) bond motifs is 1. The predicted octanol–water partition coefficient (Wildman–Crippen LogP) is 5.99. The number of anilines is 1. The van der Waals surface area contributed by atoms with Crippen LogP contribution in [0.1, 0.15) is 30.1 Å². The van der Waals surface area contributed by atoms with E-state index in [-0.39, 0.29) is 11.8 Å². The fraction of sp³-hybridized carbons (Fsp3) is 0.259. The van der Waals surface area contributed by atoms with E-state index >= 15 is 0 Å². The van der Waals surface area contributed by atoms with E-state index in [9.17, 15) is 4.79 Å². The molecule has 5 rings (SSSR count). The molecule has 1 unspecified atom stereocenters. The van der Waals surface area contributed by atoms with Crippen molar-refractivity contribution in [3.63, 3.8) is 0 Å². The van der Waals surface area contributed by atoms with E-state index in [1.54, 1.807) is 4.90 Å². The summed E-state index contributed by atoms with van der Waals surface area (Å²) in [5, 5.41) is 0.591. The lowest BCUT2D eigenvalue weighted by Gasteiger charge is -2.18. The first-order valence-electron chi connectivity index (χ1n) is 11.3. The Balaban J connectivity index is 1.35. The van der Waals surface area contributed by atoms with Crippen molar-refractivity contribution in [3.8, 4) is 5.75 Å². The van der Waals surface area contributed by atoms with Crippen LogP contribution in [0.3, 0.4) is 0 Å². The van der Waals surface area contributed by atoms with E-state index in [1.165, 1.54) is 5.56 Å². The molecular formula is C27H26ClN3O2. The lowest BCUT2D eigenvalue weighted by molar-refractivity contribution is -0.117. The topological polar surface area (TPSA) is 47.4 Å². The van der Waals surface area contributed by atoms with E-state index in [1.807, 2.05) is 54.6 Å². The molecule has 1 fully saturated rings. The first-order valence-corrected chi connectivity index (χ1v) is 11.7. The number of imidazole rings is 1. The number of aromatic nitrogens is 2. The molecule has 2 heterocycles. The van der Waals surface area contributed by atoms with Gasteiger partial charge in [-0.2, -0.15) is 0 Å². The van der Waals surface area contributed by atoms with Crippen LogP contribution in [-0.2, 0) is 11.3 Å². The summed E-state index contributed by atoms with van der Waals surface area (Å²) in [5.41, 5.74) is 4.02. The molecule has 0 N–H and O–H groups in total. The molecule has 0 saturated carbocycles. The molecule has 0 bridgehead atoms. The van der Waals surface area contributed by atoms with Crippen molar-refractivity contribution in [1.82, 2.24) is 9.55 Å². The van der Waals surface area contributed by atoms with Crippen LogP contribution in [-0.4, -0.2) is 28.6 Å². The number of ether oxygens (including phenoxy) is 1. The Labute approximate surface area is 198 Å². The van der Waals surface area contributed by atoms with Crippen LogP contribution in [0.15, 0.2) is 72.8 Å². The number of amides is 1. The monoisotopic (exact) mass is 459 g/mol. The quantitative estimate of drug-likeness (QED) is 0.319. The second-order valence-corrected chi connectivity index (χ2v) is 8.89. The minimum Gasteiger partial charge on any atom is -0.494 e. The lowest BCUT2D eigenvalue weighted by atomic mass is 10.1. The van der Waals surface area contributed by atoms with Crippen LogP contribution in [0, 0.1) is 6.92 Å². The number of hydrogen-bond acceptors (Lipinski definition) is 3. The third kappa shape index (κ3) is 4.46. The SMILES string of the molecule is Cc1ccc(OCCCn2c(C3CC(=O)N(c4ccccc4Cl)C3)nc3ccccc32)cc1. The zero-order chi connectivity index (χ0) is 22.8. The molecule has 0 spiro atoms. The van der Waals surface area contributed by atoms with E-state index in [2.05, 4.69) is 29.7 Å². The molecule has 4 aromatic rings. The van der Waals surface area contributed by atoms with Gasteiger partial charge in [0.25, 0.3) is 0 Å². The van der Waals surface area contributed by atoms with Crippen LogP contribution in [0.2, 0.25) is 5.02 Å². The van der Waals surface area contributed by atoms with Crippen LogP contribution < -0.4 is 9.64 Å². The van der Waals surface area contributed by atoms with Crippen molar-refractivity contribution in [2.24, 2.45) is 0 Å². The van der Waals surface area contributed by atoms with Gasteiger partial charge in [0.2, 0.25) is 5.91 Å². The molecule has 3 aromatic carbocycles. The minimum absolute atomic E-state index is 0.0131. The van der Waals surface area contributed by atoms with Gasteiger partial charge < -0.3 is 14.2 Å². The first kappa shape index (κ1) is 21.5. The van der Waals surface area contributed by atoms with Crippen LogP contribution in [0.4, 0.5) is 5.69 Å². The molecule has 0 radical (unpaired) electrons. The third-order valence-electron chi connectivity index (χ3n) is 6.13. The summed E-state index contributed by atoms with van der Waals surface area (Å²) in [4.78, 5) is 19.6. The summed E-state index contributed by atoms with van der Waals surface area (Å²) < 4.78 is 8.18. The van der Waals surface area contributed by atoms with Crippen LogP contribution >= 0.6 is 11.6 Å². The van der Waals surface area contributed by atoms with Gasteiger partial charge in [0.1, 0.15) is 11.6 Å². The number of benzene rings is 3. The number of aryl methyl sites for hydroxylation is 2. The van der Waals surface area contributed by atoms with Crippen LogP contribution in [0.5, 0.6) is 5.75 Å². The van der Waals surface area contributed by atoms with Crippen LogP contribution in [0.25, 0.3) is 11.0 Å². The van der Waals surface area contributed by atoms with Gasteiger partial charge in [-0.15, -0.1) is 0 Å². The Morgan fingerprint density at radius 2 is 1.79 bits per heavy atom. The predicted molar refractivity (Wildman–Crippen MR) is 132 cm³/mol. The number of carbonyl (C=O) groups excluding carboxylic acids is 1. The van der Waals surface area contributed by atoms with Crippen molar-refractivity contribution in [2.45, 2.75) is 32.2 Å². The Morgan fingerprint density at radius 1 is 1.03 bits per heavy atom. The van der Waals surface area contributed by atoms with Crippen molar-refractivity contribution in [3.05, 3.63) is 89.2 Å². The Kier molecular flexibility index (Phi) is 6.05. The maximum absolute atomic E-state index is 12.9. The van der Waals surface area contributed by atoms with Gasteiger partial charge >= 0.3 is 0 Å². The fourth-order valence-corrected chi connectivity index (χ4v) is 4.71. The van der Waals surface area contributed by atoms with Crippen molar-refractivity contribution in [1.29, 1.82) is 0 Å². The zero-order valence-corrected chi connectivity index (χ0v) is 19.3. The van der Waals surface area contributed by atoms with E-state index in [0.29, 0.717) is 24.6 Å². The number of hydrogen-bond donors (Lipinski definition) is 0. The summed E-state index contributed by atoms with van der Waals surface area (Å²) in [5.74, 6) is 1.93. The smallest absolute Gasteiger partial charge is 0.227 e. The molecule has 1 aliphatic rings. The zero-order valence-electron chi connectivity index (χ0n) is 18.6. The number of nitrogens with zero attached hydrogens (tertiary/aromatic N) is 3. The summed E-state index contributed by atoms with van der Waals surface area (Å²) >= 11 is 6.37. The average Bonchev–Trinajstić information content (AvgIpc) is 3.39. The van der Waals surface area contributed by atoms with Crippen molar-refractivity contribution < 1.29 is 9.53 Å². The summed E-state index contributed by atoms with van der Waals surface area (Å²) in [6.07, 6.45) is 1.27. The molecule has 1 aliphatic heterocycles. The third-order valence-corrected chi connectivity index (χ3v) is 6.45. The lowest BCUT2D eigenvalue weighted by Crippen LogP contribution is -2.24. The standard InChI is InChI=1S/C27H26ClN3O2/c1-19-11-13-21(14-12-19)33-16-6-15-30-25-10-5-3-8-23(25)29-27(30)20-17-26(32)31(18-20)24-9-4-2-7-22(24)28/h2-5,7-14,20H,6,15-18H2,1H3. The highest BCUT2D eigenvalue weighted by Gasteiger charge is 2.35. The Hall–Kier alpha value is -3.31. The molecule has 0 aliphatic carbocycles. The maximum Gasteiger partial charge on any atom is 0.227 e. The number of para-hydroxylation sites is 3. The van der Waals surface area contributed by atoms with Gasteiger partial charge in [0.05, 0.1) is 28.4 Å². The Morgan fingerprint density at radius 3 is 2.61 bits per heavy atom. The molecule has 33 heavy (non-hydrogen) atoms. The summed E-state index contributed by atoms with van der Waals surface area (Å²) in [7, 11) is 0. The van der Waals surface area contributed by atoms with Gasteiger partial charge in [-0.1, -0.05) is 53.6 Å². The molecule has 6 heteroatoms. The molecular weight excluding hydrogens is 434 g/mol. The maximum atomic E-state index is 12.9. The summed E-state index contributed by atoms with van der Waals surface area (Å²) in [6, 6.07) is 23.8. The second kappa shape index (κ2) is 9.28. The molecule has 5 nitrogen and oxygen atoms in total. The van der Waals surface area contributed by atoms with E-state index in [0.717, 1.165) is 41.3 Å². The highest BCUT2D eigenvalue weighted by Crippen LogP contribution is 2.36. The number of halogens is 1. The number of rotatable bonds is 7. The van der Waals surface area contributed by atoms with Gasteiger partial charge in [0, 0.05) is 25.4 Å². The van der Waals surface area contributed by atoms with Gasteiger partial charge in [0.15, 0.2) is 0 Å². The van der Waals surface area contributed by atoms with Gasteiger partial charge in [-0.3, -0.25) is 4.79 Å². The largest absolute Gasteiger partial charge is 0.494 e.